The minimum atomic E-state index is 0.181. The lowest BCUT2D eigenvalue weighted by Crippen LogP contribution is -2.39. The van der Waals surface area contributed by atoms with Gasteiger partial charge in [-0.25, -0.2) is 0 Å². The van der Waals surface area contributed by atoms with Crippen molar-refractivity contribution in [3.63, 3.8) is 0 Å². The molecule has 0 unspecified atom stereocenters. The number of nitrogens with zero attached hydrogens (tertiary/aromatic N) is 3. The van der Waals surface area contributed by atoms with Gasteiger partial charge in [-0.2, -0.15) is 0 Å². The average Bonchev–Trinajstić information content (AvgIpc) is 3.09. The second-order valence-corrected chi connectivity index (χ2v) is 8.65. The van der Waals surface area contributed by atoms with Crippen LogP contribution < -0.4 is 5.32 Å². The molecule has 0 bridgehead atoms. The highest BCUT2D eigenvalue weighted by molar-refractivity contribution is 8.01. The van der Waals surface area contributed by atoms with E-state index in [1.165, 1.54) is 47.9 Å². The molecule has 0 spiro atoms. The van der Waals surface area contributed by atoms with Crippen LogP contribution in [-0.2, 0) is 4.79 Å². The van der Waals surface area contributed by atoms with Crippen molar-refractivity contribution in [2.45, 2.75) is 49.4 Å². The zero-order valence-electron chi connectivity index (χ0n) is 14.7. The lowest BCUT2D eigenvalue weighted by atomic mass is 9.94. The van der Waals surface area contributed by atoms with E-state index in [9.17, 15) is 4.79 Å². The molecule has 3 rings (SSSR count). The monoisotopic (exact) mass is 376 g/mol. The number of amides is 1. The zero-order chi connectivity index (χ0) is 17.6. The van der Waals surface area contributed by atoms with Crippen LogP contribution in [0.1, 0.15) is 37.7 Å². The van der Waals surface area contributed by atoms with Gasteiger partial charge >= 0.3 is 0 Å². The van der Waals surface area contributed by atoms with Crippen LogP contribution in [0.25, 0.3) is 0 Å². The third-order valence-corrected chi connectivity index (χ3v) is 6.50. The summed E-state index contributed by atoms with van der Waals surface area (Å²) in [5.41, 5.74) is 2.21. The Labute approximate surface area is 157 Å². The van der Waals surface area contributed by atoms with E-state index in [1.807, 2.05) is 24.1 Å². The van der Waals surface area contributed by atoms with E-state index in [1.54, 1.807) is 0 Å². The van der Waals surface area contributed by atoms with E-state index < -0.39 is 0 Å². The maximum atomic E-state index is 12.4. The van der Waals surface area contributed by atoms with Crippen LogP contribution >= 0.6 is 23.1 Å². The Hall–Kier alpha value is -1.60. The maximum Gasteiger partial charge on any atom is 0.233 e. The quantitative estimate of drug-likeness (QED) is 0.754. The number of carbonyl (C=O) groups excluding carboxylic acids is 1. The van der Waals surface area contributed by atoms with Gasteiger partial charge in [0.2, 0.25) is 11.0 Å². The molecule has 134 valence electrons. The highest BCUT2D eigenvalue weighted by Gasteiger charge is 2.22. The molecule has 0 radical (unpaired) electrons. The Bertz CT molecular complexity index is 695. The van der Waals surface area contributed by atoms with Gasteiger partial charge in [-0.3, -0.25) is 4.79 Å². The van der Waals surface area contributed by atoms with Crippen molar-refractivity contribution in [1.29, 1.82) is 0 Å². The summed E-state index contributed by atoms with van der Waals surface area (Å²) >= 11 is 2.95. The van der Waals surface area contributed by atoms with E-state index in [0.717, 1.165) is 28.0 Å². The Morgan fingerprint density at radius 2 is 1.96 bits per heavy atom. The number of carbonyl (C=O) groups is 1. The van der Waals surface area contributed by atoms with Crippen LogP contribution in [0.2, 0.25) is 0 Å². The van der Waals surface area contributed by atoms with Gasteiger partial charge in [-0.15, -0.1) is 10.2 Å². The molecule has 1 aliphatic carbocycles. The summed E-state index contributed by atoms with van der Waals surface area (Å²) < 4.78 is 0.819. The lowest BCUT2D eigenvalue weighted by molar-refractivity contribution is -0.129. The van der Waals surface area contributed by atoms with Crippen molar-refractivity contribution in [1.82, 2.24) is 15.1 Å². The molecule has 0 atom stereocenters. The first-order valence-electron chi connectivity index (χ1n) is 8.67. The van der Waals surface area contributed by atoms with E-state index >= 15 is 0 Å². The molecule has 2 aromatic rings. The van der Waals surface area contributed by atoms with Gasteiger partial charge in [0.25, 0.3) is 0 Å². The first-order chi connectivity index (χ1) is 12.1. The van der Waals surface area contributed by atoms with Crippen molar-refractivity contribution in [3.05, 3.63) is 29.8 Å². The fourth-order valence-corrected chi connectivity index (χ4v) is 4.67. The van der Waals surface area contributed by atoms with Crippen LogP contribution in [0, 0.1) is 6.92 Å². The van der Waals surface area contributed by atoms with Crippen LogP contribution in [-0.4, -0.2) is 39.8 Å². The normalized spacial score (nSPS) is 15.1. The summed E-state index contributed by atoms with van der Waals surface area (Å²) in [5, 5.41) is 12.3. The lowest BCUT2D eigenvalue weighted by Gasteiger charge is -2.31. The Morgan fingerprint density at radius 1 is 1.24 bits per heavy atom. The molecule has 7 heteroatoms. The predicted molar refractivity (Wildman–Crippen MR) is 105 cm³/mol. The summed E-state index contributed by atoms with van der Waals surface area (Å²) in [7, 11) is 1.93. The number of benzene rings is 1. The first-order valence-corrected chi connectivity index (χ1v) is 10.5. The van der Waals surface area contributed by atoms with Gasteiger partial charge in [-0.1, -0.05) is 60.1 Å². The molecule has 1 N–H and O–H groups in total. The molecular formula is C18H24N4OS2. The average molecular weight is 377 g/mol. The van der Waals surface area contributed by atoms with Gasteiger partial charge in [0.05, 0.1) is 5.75 Å². The fourth-order valence-electron chi connectivity index (χ4n) is 2.98. The summed E-state index contributed by atoms with van der Waals surface area (Å²) in [4.78, 5) is 14.3. The molecule has 1 aromatic carbocycles. The van der Waals surface area contributed by atoms with E-state index in [0.29, 0.717) is 11.8 Å². The minimum Gasteiger partial charge on any atom is -0.342 e. The molecule has 5 nitrogen and oxygen atoms in total. The van der Waals surface area contributed by atoms with Crippen molar-refractivity contribution in [2.24, 2.45) is 0 Å². The maximum absolute atomic E-state index is 12.4. The molecule has 25 heavy (non-hydrogen) atoms. The topological polar surface area (TPSA) is 58.1 Å². The van der Waals surface area contributed by atoms with E-state index in [4.69, 9.17) is 0 Å². The molecule has 1 fully saturated rings. The Balaban J connectivity index is 1.49. The smallest absolute Gasteiger partial charge is 0.233 e. The van der Waals surface area contributed by atoms with Gasteiger partial charge < -0.3 is 10.2 Å². The molecule has 1 heterocycles. The molecule has 0 saturated heterocycles. The highest BCUT2D eigenvalue weighted by atomic mass is 32.2. The fraction of sp³-hybridized carbons (Fsp3) is 0.500. The number of rotatable bonds is 6. The first kappa shape index (κ1) is 18.2. The minimum absolute atomic E-state index is 0.181. The van der Waals surface area contributed by atoms with Crippen molar-refractivity contribution >= 4 is 39.8 Å². The van der Waals surface area contributed by atoms with Crippen LogP contribution in [0.15, 0.2) is 28.6 Å². The largest absolute Gasteiger partial charge is 0.342 e. The molecule has 1 aliphatic rings. The predicted octanol–water partition coefficient (Wildman–Crippen LogP) is 4.47. The van der Waals surface area contributed by atoms with Crippen molar-refractivity contribution < 1.29 is 4.79 Å². The SMILES string of the molecule is Cc1ccc(Nc2nnc(SCC(=O)N(C)C3CCCCC3)s2)cc1. The Kier molecular flexibility index (Phi) is 6.31. The second kappa shape index (κ2) is 8.67. The van der Waals surface area contributed by atoms with Crippen LogP contribution in [0.3, 0.4) is 0 Å². The van der Waals surface area contributed by atoms with E-state index in [-0.39, 0.29) is 5.91 Å². The second-order valence-electron chi connectivity index (χ2n) is 6.45. The summed E-state index contributed by atoms with van der Waals surface area (Å²) in [5.74, 6) is 0.603. The summed E-state index contributed by atoms with van der Waals surface area (Å²) in [6.45, 7) is 2.06. The number of hydrogen-bond acceptors (Lipinski definition) is 6. The number of hydrogen-bond donors (Lipinski definition) is 1. The molecule has 1 amide bonds. The van der Waals surface area contributed by atoms with Gasteiger partial charge in [0, 0.05) is 18.8 Å². The third-order valence-electron chi connectivity index (χ3n) is 4.54. The highest BCUT2D eigenvalue weighted by Crippen LogP contribution is 2.28. The zero-order valence-corrected chi connectivity index (χ0v) is 16.3. The number of aryl methyl sites for hydroxylation is 1. The third kappa shape index (κ3) is 5.19. The molecule has 1 aromatic heterocycles. The van der Waals surface area contributed by atoms with Crippen molar-refractivity contribution in [3.8, 4) is 0 Å². The molecular weight excluding hydrogens is 352 g/mol. The number of aromatic nitrogens is 2. The number of anilines is 2. The Morgan fingerprint density at radius 3 is 2.68 bits per heavy atom. The number of thioether (sulfide) groups is 1. The van der Waals surface area contributed by atoms with Gasteiger partial charge in [0.15, 0.2) is 4.34 Å². The van der Waals surface area contributed by atoms with Crippen molar-refractivity contribution in [2.75, 3.05) is 18.1 Å². The van der Waals surface area contributed by atoms with Crippen LogP contribution in [0.5, 0.6) is 0 Å². The summed E-state index contributed by atoms with van der Waals surface area (Å²) in [6.07, 6.45) is 6.04. The standard InChI is InChI=1S/C18H24N4OS2/c1-13-8-10-14(11-9-13)19-17-20-21-18(25-17)24-12-16(23)22(2)15-6-4-3-5-7-15/h8-11,15H,3-7,12H2,1-2H3,(H,19,20). The number of nitrogens with one attached hydrogen (secondary N) is 1. The molecule has 1 saturated carbocycles. The van der Waals surface area contributed by atoms with E-state index in [2.05, 4.69) is 34.6 Å². The van der Waals surface area contributed by atoms with Crippen LogP contribution in [0.4, 0.5) is 10.8 Å². The van der Waals surface area contributed by atoms with Gasteiger partial charge in [0.1, 0.15) is 0 Å². The molecule has 0 aliphatic heterocycles. The van der Waals surface area contributed by atoms with Gasteiger partial charge in [-0.05, 0) is 31.9 Å². The summed E-state index contributed by atoms with van der Waals surface area (Å²) in [6, 6.07) is 8.56.